The number of para-hydroxylation sites is 1. The molecule has 102 valence electrons. The third kappa shape index (κ3) is 4.26. The van der Waals surface area contributed by atoms with Crippen molar-refractivity contribution in [1.82, 2.24) is 5.48 Å². The minimum atomic E-state index is -0.554. The average Bonchev–Trinajstić information content (AvgIpc) is 2.52. The average molecular weight is 269 g/mol. The molecule has 0 aliphatic rings. The summed E-state index contributed by atoms with van der Waals surface area (Å²) in [5, 5.41) is 8.37. The largest absolute Gasteiger partial charge is 0.489 e. The van der Waals surface area contributed by atoms with Crippen LogP contribution in [-0.2, 0) is 11.4 Å². The quantitative estimate of drug-likeness (QED) is 0.498. The minimum absolute atomic E-state index is 0.491. The molecular weight excluding hydrogens is 254 g/mol. The van der Waals surface area contributed by atoms with E-state index in [0.717, 1.165) is 16.9 Å². The molecule has 0 atom stereocenters. The smallest absolute Gasteiger partial charge is 0.267 e. The van der Waals surface area contributed by atoms with Gasteiger partial charge in [-0.1, -0.05) is 42.5 Å². The normalized spacial score (nSPS) is 10.4. The maximum Gasteiger partial charge on any atom is 0.267 e. The molecule has 2 aromatic rings. The first kappa shape index (κ1) is 13.8. The SMILES string of the molecule is O=C(/C=C/c1ccc(COc2ccccc2)cc1)NO. The van der Waals surface area contributed by atoms with Crippen molar-refractivity contribution >= 4 is 12.0 Å². The number of rotatable bonds is 5. The van der Waals surface area contributed by atoms with E-state index in [-0.39, 0.29) is 0 Å². The molecule has 0 aliphatic carbocycles. The van der Waals surface area contributed by atoms with Crippen LogP contribution in [0.5, 0.6) is 5.75 Å². The van der Waals surface area contributed by atoms with Gasteiger partial charge in [0.05, 0.1) is 0 Å². The van der Waals surface area contributed by atoms with Crippen LogP contribution in [0.3, 0.4) is 0 Å². The fraction of sp³-hybridized carbons (Fsp3) is 0.0625. The predicted octanol–water partition coefficient (Wildman–Crippen LogP) is 2.78. The Morgan fingerprint density at radius 3 is 2.45 bits per heavy atom. The van der Waals surface area contributed by atoms with Crippen LogP contribution < -0.4 is 10.2 Å². The third-order valence-corrected chi connectivity index (χ3v) is 2.67. The van der Waals surface area contributed by atoms with Crippen molar-refractivity contribution in [2.24, 2.45) is 0 Å². The van der Waals surface area contributed by atoms with Gasteiger partial charge in [-0.2, -0.15) is 0 Å². The molecule has 2 N–H and O–H groups in total. The Kier molecular flexibility index (Phi) is 4.92. The number of amides is 1. The van der Waals surface area contributed by atoms with Crippen LogP contribution in [0, 0.1) is 0 Å². The lowest BCUT2D eigenvalue weighted by atomic mass is 10.1. The van der Waals surface area contributed by atoms with Gasteiger partial charge in [0.2, 0.25) is 0 Å². The monoisotopic (exact) mass is 269 g/mol. The summed E-state index contributed by atoms with van der Waals surface area (Å²) in [6.07, 6.45) is 2.88. The molecule has 0 aliphatic heterocycles. The van der Waals surface area contributed by atoms with Crippen molar-refractivity contribution in [2.75, 3.05) is 0 Å². The van der Waals surface area contributed by atoms with Crippen molar-refractivity contribution in [3.05, 3.63) is 71.8 Å². The standard InChI is InChI=1S/C16H15NO3/c18-16(17-19)11-10-13-6-8-14(9-7-13)12-20-15-4-2-1-3-5-15/h1-11,19H,12H2,(H,17,18)/b11-10+. The van der Waals surface area contributed by atoms with Gasteiger partial charge in [0.1, 0.15) is 12.4 Å². The lowest BCUT2D eigenvalue weighted by Crippen LogP contribution is -2.14. The molecule has 0 heterocycles. The van der Waals surface area contributed by atoms with Crippen LogP contribution in [0.1, 0.15) is 11.1 Å². The minimum Gasteiger partial charge on any atom is -0.489 e. The van der Waals surface area contributed by atoms with E-state index < -0.39 is 5.91 Å². The molecule has 4 heteroatoms. The first-order valence-corrected chi connectivity index (χ1v) is 6.17. The Morgan fingerprint density at radius 2 is 1.80 bits per heavy atom. The Bertz CT molecular complexity index is 576. The zero-order chi connectivity index (χ0) is 14.2. The first-order chi connectivity index (χ1) is 9.78. The van der Waals surface area contributed by atoms with Crippen LogP contribution in [0.4, 0.5) is 0 Å². The highest BCUT2D eigenvalue weighted by Crippen LogP contribution is 2.12. The fourth-order valence-electron chi connectivity index (χ4n) is 1.62. The topological polar surface area (TPSA) is 58.6 Å². The predicted molar refractivity (Wildman–Crippen MR) is 76.2 cm³/mol. The van der Waals surface area contributed by atoms with E-state index in [1.165, 1.54) is 11.6 Å². The molecule has 20 heavy (non-hydrogen) atoms. The number of benzene rings is 2. The van der Waals surface area contributed by atoms with E-state index in [4.69, 9.17) is 9.94 Å². The van der Waals surface area contributed by atoms with Crippen LogP contribution in [-0.4, -0.2) is 11.1 Å². The number of hydroxylamine groups is 1. The Morgan fingerprint density at radius 1 is 1.10 bits per heavy atom. The summed E-state index contributed by atoms with van der Waals surface area (Å²) in [7, 11) is 0. The highest BCUT2D eigenvalue weighted by molar-refractivity contribution is 5.90. The van der Waals surface area contributed by atoms with Gasteiger partial charge in [0.25, 0.3) is 5.91 Å². The van der Waals surface area contributed by atoms with Crippen LogP contribution in [0.25, 0.3) is 6.08 Å². The summed E-state index contributed by atoms with van der Waals surface area (Å²) in [4.78, 5) is 10.8. The number of hydrogen-bond donors (Lipinski definition) is 2. The van der Waals surface area contributed by atoms with Gasteiger partial charge >= 0.3 is 0 Å². The van der Waals surface area contributed by atoms with Gasteiger partial charge in [0, 0.05) is 6.08 Å². The zero-order valence-electron chi connectivity index (χ0n) is 10.8. The summed E-state index contributed by atoms with van der Waals surface area (Å²) in [6.45, 7) is 0.491. The third-order valence-electron chi connectivity index (χ3n) is 2.67. The van der Waals surface area contributed by atoms with Crippen molar-refractivity contribution < 1.29 is 14.7 Å². The first-order valence-electron chi connectivity index (χ1n) is 6.17. The van der Waals surface area contributed by atoms with Crippen molar-refractivity contribution in [2.45, 2.75) is 6.61 Å². The van der Waals surface area contributed by atoms with Gasteiger partial charge in [-0.05, 0) is 29.3 Å². The van der Waals surface area contributed by atoms with E-state index in [1.807, 2.05) is 54.6 Å². The molecule has 0 radical (unpaired) electrons. The Labute approximate surface area is 117 Å². The van der Waals surface area contributed by atoms with Crippen molar-refractivity contribution in [3.8, 4) is 5.75 Å². The molecule has 1 amide bonds. The zero-order valence-corrected chi connectivity index (χ0v) is 10.8. The summed E-state index contributed by atoms with van der Waals surface area (Å²) in [6, 6.07) is 17.2. The van der Waals surface area contributed by atoms with Gasteiger partial charge in [-0.3, -0.25) is 10.0 Å². The van der Waals surface area contributed by atoms with Gasteiger partial charge in [0.15, 0.2) is 0 Å². The molecule has 0 saturated heterocycles. The molecular formula is C16H15NO3. The van der Waals surface area contributed by atoms with Gasteiger partial charge in [-0.15, -0.1) is 0 Å². The van der Waals surface area contributed by atoms with Crippen LogP contribution >= 0.6 is 0 Å². The number of carbonyl (C=O) groups is 1. The second-order valence-electron chi connectivity index (χ2n) is 4.15. The lowest BCUT2D eigenvalue weighted by molar-refractivity contribution is -0.124. The highest BCUT2D eigenvalue weighted by atomic mass is 16.5. The van der Waals surface area contributed by atoms with Gasteiger partial charge in [-0.25, -0.2) is 5.48 Å². The number of carbonyl (C=O) groups excluding carboxylic acids is 1. The maximum atomic E-state index is 10.8. The van der Waals surface area contributed by atoms with E-state index in [0.29, 0.717) is 6.61 Å². The Hall–Kier alpha value is -2.59. The van der Waals surface area contributed by atoms with E-state index in [1.54, 1.807) is 6.08 Å². The second kappa shape index (κ2) is 7.11. The number of hydrogen-bond acceptors (Lipinski definition) is 3. The fourth-order valence-corrected chi connectivity index (χ4v) is 1.62. The van der Waals surface area contributed by atoms with E-state index in [2.05, 4.69) is 0 Å². The van der Waals surface area contributed by atoms with Crippen LogP contribution in [0.2, 0.25) is 0 Å². The second-order valence-corrected chi connectivity index (χ2v) is 4.15. The molecule has 0 aromatic heterocycles. The molecule has 0 bridgehead atoms. The molecule has 0 unspecified atom stereocenters. The highest BCUT2D eigenvalue weighted by Gasteiger charge is 1.96. The van der Waals surface area contributed by atoms with Gasteiger partial charge < -0.3 is 4.74 Å². The number of ether oxygens (including phenoxy) is 1. The molecule has 2 rings (SSSR count). The van der Waals surface area contributed by atoms with Crippen LogP contribution in [0.15, 0.2) is 60.7 Å². The molecule has 0 fully saturated rings. The summed E-state index contributed by atoms with van der Waals surface area (Å²) < 4.78 is 5.63. The molecule has 0 spiro atoms. The van der Waals surface area contributed by atoms with Crippen molar-refractivity contribution in [3.63, 3.8) is 0 Å². The molecule has 0 saturated carbocycles. The number of nitrogens with one attached hydrogen (secondary N) is 1. The Balaban J connectivity index is 1.91. The van der Waals surface area contributed by atoms with E-state index in [9.17, 15) is 4.79 Å². The maximum absolute atomic E-state index is 10.8. The molecule has 4 nitrogen and oxygen atoms in total. The summed E-state index contributed by atoms with van der Waals surface area (Å²) >= 11 is 0. The van der Waals surface area contributed by atoms with E-state index >= 15 is 0 Å². The van der Waals surface area contributed by atoms with Crippen molar-refractivity contribution in [1.29, 1.82) is 0 Å². The summed E-state index contributed by atoms with van der Waals surface area (Å²) in [5.74, 6) is 0.276. The lowest BCUT2D eigenvalue weighted by Gasteiger charge is -2.06. The molecule has 2 aromatic carbocycles. The summed E-state index contributed by atoms with van der Waals surface area (Å²) in [5.41, 5.74) is 3.45.